The van der Waals surface area contributed by atoms with Gasteiger partial charge in [-0.25, -0.2) is 0 Å². The number of rotatable bonds is 6. The van der Waals surface area contributed by atoms with Crippen LogP contribution in [0.1, 0.15) is 13.3 Å². The third-order valence-electron chi connectivity index (χ3n) is 2.82. The van der Waals surface area contributed by atoms with E-state index in [9.17, 15) is 4.79 Å². The first kappa shape index (κ1) is 13.4. The Hall–Kier alpha value is -0.650. The number of hydrogen-bond acceptors (Lipinski definition) is 4. The van der Waals surface area contributed by atoms with E-state index in [0.717, 1.165) is 19.5 Å². The SMILES string of the molecule is COCC(C)NC(=O)CN1CCC(CO)C1. The van der Waals surface area contributed by atoms with Gasteiger partial charge < -0.3 is 15.2 Å². The minimum atomic E-state index is 0.0307. The zero-order valence-corrected chi connectivity index (χ0v) is 10.1. The lowest BCUT2D eigenvalue weighted by molar-refractivity contribution is -0.123. The first-order chi connectivity index (χ1) is 7.65. The van der Waals surface area contributed by atoms with Gasteiger partial charge in [0.2, 0.25) is 5.91 Å². The van der Waals surface area contributed by atoms with Gasteiger partial charge >= 0.3 is 0 Å². The molecule has 2 N–H and O–H groups in total. The van der Waals surface area contributed by atoms with Crippen molar-refractivity contribution in [3.8, 4) is 0 Å². The third kappa shape index (κ3) is 4.47. The molecule has 5 heteroatoms. The number of methoxy groups -OCH3 is 1. The number of nitrogens with zero attached hydrogens (tertiary/aromatic N) is 1. The van der Waals surface area contributed by atoms with Crippen molar-refractivity contribution in [2.24, 2.45) is 5.92 Å². The highest BCUT2D eigenvalue weighted by Crippen LogP contribution is 2.14. The minimum absolute atomic E-state index is 0.0307. The second-order valence-electron chi connectivity index (χ2n) is 4.50. The van der Waals surface area contributed by atoms with Gasteiger partial charge in [0.1, 0.15) is 0 Å². The molecule has 0 aromatic rings. The largest absolute Gasteiger partial charge is 0.396 e. The maximum Gasteiger partial charge on any atom is 0.234 e. The van der Waals surface area contributed by atoms with Crippen LogP contribution in [0.15, 0.2) is 0 Å². The molecule has 1 aliphatic rings. The molecule has 1 rings (SSSR count). The Morgan fingerprint density at radius 3 is 3.00 bits per heavy atom. The first-order valence-corrected chi connectivity index (χ1v) is 5.77. The lowest BCUT2D eigenvalue weighted by Gasteiger charge is -2.17. The fourth-order valence-corrected chi connectivity index (χ4v) is 2.02. The lowest BCUT2D eigenvalue weighted by Crippen LogP contribution is -2.42. The average molecular weight is 230 g/mol. The van der Waals surface area contributed by atoms with Gasteiger partial charge in [0.25, 0.3) is 0 Å². The van der Waals surface area contributed by atoms with Crippen molar-refractivity contribution < 1.29 is 14.6 Å². The molecule has 0 aromatic heterocycles. The van der Waals surface area contributed by atoms with Crippen LogP contribution in [-0.2, 0) is 9.53 Å². The van der Waals surface area contributed by atoms with E-state index in [-0.39, 0.29) is 18.6 Å². The zero-order chi connectivity index (χ0) is 12.0. The van der Waals surface area contributed by atoms with E-state index in [1.165, 1.54) is 0 Å². The van der Waals surface area contributed by atoms with Crippen LogP contribution in [0.25, 0.3) is 0 Å². The van der Waals surface area contributed by atoms with Crippen molar-refractivity contribution in [2.45, 2.75) is 19.4 Å². The van der Waals surface area contributed by atoms with E-state index >= 15 is 0 Å². The Morgan fingerprint density at radius 1 is 1.69 bits per heavy atom. The highest BCUT2D eigenvalue weighted by atomic mass is 16.5. The lowest BCUT2D eigenvalue weighted by atomic mass is 10.1. The van der Waals surface area contributed by atoms with Gasteiger partial charge in [-0.2, -0.15) is 0 Å². The average Bonchev–Trinajstić information content (AvgIpc) is 2.65. The quantitative estimate of drug-likeness (QED) is 0.643. The summed E-state index contributed by atoms with van der Waals surface area (Å²) in [5.74, 6) is 0.368. The van der Waals surface area contributed by atoms with E-state index in [4.69, 9.17) is 9.84 Å². The zero-order valence-electron chi connectivity index (χ0n) is 10.1. The maximum atomic E-state index is 11.6. The Bertz CT molecular complexity index is 223. The van der Waals surface area contributed by atoms with Crippen LogP contribution in [0.5, 0.6) is 0 Å². The van der Waals surface area contributed by atoms with E-state index in [0.29, 0.717) is 19.1 Å². The summed E-state index contributed by atoms with van der Waals surface area (Å²) in [6.07, 6.45) is 0.984. The maximum absolute atomic E-state index is 11.6. The van der Waals surface area contributed by atoms with Crippen LogP contribution >= 0.6 is 0 Å². The van der Waals surface area contributed by atoms with Crippen LogP contribution < -0.4 is 5.32 Å². The van der Waals surface area contributed by atoms with E-state index in [1.807, 2.05) is 6.92 Å². The number of ether oxygens (including phenoxy) is 1. The van der Waals surface area contributed by atoms with Crippen LogP contribution in [0.3, 0.4) is 0 Å². The molecule has 2 atom stereocenters. The second kappa shape index (κ2) is 6.83. The van der Waals surface area contributed by atoms with Gasteiger partial charge in [-0.3, -0.25) is 9.69 Å². The van der Waals surface area contributed by atoms with Crippen molar-refractivity contribution in [3.05, 3.63) is 0 Å². The summed E-state index contributed by atoms with van der Waals surface area (Å²) in [6.45, 7) is 4.82. The molecule has 1 aliphatic heterocycles. The fraction of sp³-hybridized carbons (Fsp3) is 0.909. The molecule has 5 nitrogen and oxygen atoms in total. The van der Waals surface area contributed by atoms with Crippen LogP contribution in [-0.4, -0.2) is 61.9 Å². The number of carbonyl (C=O) groups is 1. The molecule has 2 unspecified atom stereocenters. The molecule has 0 aromatic carbocycles. The number of hydrogen-bond donors (Lipinski definition) is 2. The number of aliphatic hydroxyl groups is 1. The van der Waals surface area contributed by atoms with Gasteiger partial charge in [-0.15, -0.1) is 0 Å². The normalized spacial score (nSPS) is 23.3. The molecular weight excluding hydrogens is 208 g/mol. The van der Waals surface area contributed by atoms with Crippen molar-refractivity contribution in [2.75, 3.05) is 40.0 Å². The summed E-state index contributed by atoms with van der Waals surface area (Å²) in [7, 11) is 1.62. The Balaban J connectivity index is 2.19. The highest BCUT2D eigenvalue weighted by Gasteiger charge is 2.23. The van der Waals surface area contributed by atoms with Crippen molar-refractivity contribution >= 4 is 5.91 Å². The number of nitrogens with one attached hydrogen (secondary N) is 1. The molecule has 1 heterocycles. The monoisotopic (exact) mass is 230 g/mol. The van der Waals surface area contributed by atoms with E-state index in [1.54, 1.807) is 7.11 Å². The van der Waals surface area contributed by atoms with Crippen molar-refractivity contribution in [1.29, 1.82) is 0 Å². The van der Waals surface area contributed by atoms with Gasteiger partial charge in [0.05, 0.1) is 13.2 Å². The molecule has 0 radical (unpaired) electrons. The summed E-state index contributed by atoms with van der Waals surface area (Å²) < 4.78 is 4.95. The fourth-order valence-electron chi connectivity index (χ4n) is 2.02. The summed E-state index contributed by atoms with van der Waals surface area (Å²) >= 11 is 0. The Labute approximate surface area is 96.8 Å². The molecule has 0 aliphatic carbocycles. The molecular formula is C11H22N2O3. The first-order valence-electron chi connectivity index (χ1n) is 5.77. The summed E-state index contributed by atoms with van der Waals surface area (Å²) in [5, 5.41) is 11.9. The molecule has 0 saturated carbocycles. The molecule has 1 amide bonds. The van der Waals surface area contributed by atoms with Gasteiger partial charge in [-0.05, 0) is 25.8 Å². The molecule has 16 heavy (non-hydrogen) atoms. The summed E-state index contributed by atoms with van der Waals surface area (Å²) in [5.41, 5.74) is 0. The number of amides is 1. The predicted molar refractivity (Wildman–Crippen MR) is 61.1 cm³/mol. The Kier molecular flexibility index (Phi) is 5.73. The molecule has 0 spiro atoms. The third-order valence-corrected chi connectivity index (χ3v) is 2.82. The number of aliphatic hydroxyl groups excluding tert-OH is 1. The van der Waals surface area contributed by atoms with Crippen LogP contribution in [0.4, 0.5) is 0 Å². The smallest absolute Gasteiger partial charge is 0.234 e. The van der Waals surface area contributed by atoms with Crippen molar-refractivity contribution in [3.63, 3.8) is 0 Å². The highest BCUT2D eigenvalue weighted by molar-refractivity contribution is 5.78. The standard InChI is InChI=1S/C11H22N2O3/c1-9(8-16-2)12-11(15)6-13-4-3-10(5-13)7-14/h9-10,14H,3-8H2,1-2H3,(H,12,15). The predicted octanol–water partition coefficient (Wildman–Crippen LogP) is -0.548. The van der Waals surface area contributed by atoms with Gasteiger partial charge in [0.15, 0.2) is 0 Å². The molecule has 94 valence electrons. The molecule has 1 fully saturated rings. The number of likely N-dealkylation sites (tertiary alicyclic amines) is 1. The number of carbonyl (C=O) groups excluding carboxylic acids is 1. The molecule has 0 bridgehead atoms. The summed E-state index contributed by atoms with van der Waals surface area (Å²) in [6, 6.07) is 0.0498. The minimum Gasteiger partial charge on any atom is -0.396 e. The molecule has 1 saturated heterocycles. The summed E-state index contributed by atoms with van der Waals surface area (Å²) in [4.78, 5) is 13.7. The van der Waals surface area contributed by atoms with Crippen LogP contribution in [0.2, 0.25) is 0 Å². The van der Waals surface area contributed by atoms with E-state index < -0.39 is 0 Å². The van der Waals surface area contributed by atoms with Crippen LogP contribution in [0, 0.1) is 5.92 Å². The topological polar surface area (TPSA) is 61.8 Å². The Morgan fingerprint density at radius 2 is 2.44 bits per heavy atom. The van der Waals surface area contributed by atoms with Gasteiger partial charge in [0, 0.05) is 26.3 Å². The second-order valence-corrected chi connectivity index (χ2v) is 4.50. The van der Waals surface area contributed by atoms with E-state index in [2.05, 4.69) is 10.2 Å². The van der Waals surface area contributed by atoms with Gasteiger partial charge in [-0.1, -0.05) is 0 Å². The van der Waals surface area contributed by atoms with Crippen molar-refractivity contribution in [1.82, 2.24) is 10.2 Å².